The summed E-state index contributed by atoms with van der Waals surface area (Å²) in [7, 11) is 0. The number of H-pyrrole nitrogens is 1. The van der Waals surface area contributed by atoms with Gasteiger partial charge in [0.2, 0.25) is 5.56 Å². The SMILES string of the molecule is O=C(O)[C@H]1CCCCN1C(=O)c1ccc(=O)[nH]c1. The smallest absolute Gasteiger partial charge is 0.326 e. The van der Waals surface area contributed by atoms with Gasteiger partial charge in [0.05, 0.1) is 5.56 Å². The van der Waals surface area contributed by atoms with E-state index in [0.29, 0.717) is 18.5 Å². The molecular weight excluding hydrogens is 236 g/mol. The highest BCUT2D eigenvalue weighted by Crippen LogP contribution is 2.19. The molecule has 1 saturated heterocycles. The summed E-state index contributed by atoms with van der Waals surface area (Å²) in [5.41, 5.74) is 0.0164. The molecule has 0 aliphatic carbocycles. The number of nitrogens with zero attached hydrogens (tertiary/aromatic N) is 1. The Hall–Kier alpha value is -2.11. The zero-order valence-electron chi connectivity index (χ0n) is 9.76. The molecule has 6 heteroatoms. The first-order valence-electron chi connectivity index (χ1n) is 5.82. The summed E-state index contributed by atoms with van der Waals surface area (Å²) >= 11 is 0. The van der Waals surface area contributed by atoms with Crippen LogP contribution in [0.1, 0.15) is 29.6 Å². The molecule has 1 fully saturated rings. The molecule has 0 unspecified atom stereocenters. The summed E-state index contributed by atoms with van der Waals surface area (Å²) in [6.45, 7) is 0.439. The predicted octanol–water partition coefficient (Wildman–Crippen LogP) is 0.454. The third-order valence-corrected chi connectivity index (χ3v) is 3.08. The molecule has 1 aliphatic rings. The number of likely N-dealkylation sites (tertiary alicyclic amines) is 1. The van der Waals surface area contributed by atoms with Gasteiger partial charge in [-0.15, -0.1) is 0 Å². The number of rotatable bonds is 2. The highest BCUT2D eigenvalue weighted by Gasteiger charge is 2.32. The van der Waals surface area contributed by atoms with Crippen molar-refractivity contribution in [3.63, 3.8) is 0 Å². The van der Waals surface area contributed by atoms with E-state index in [2.05, 4.69) is 4.98 Å². The fraction of sp³-hybridized carbons (Fsp3) is 0.417. The lowest BCUT2D eigenvalue weighted by Gasteiger charge is -2.32. The molecule has 2 rings (SSSR count). The number of hydrogen-bond acceptors (Lipinski definition) is 3. The number of nitrogens with one attached hydrogen (secondary N) is 1. The number of carboxylic acids is 1. The quantitative estimate of drug-likeness (QED) is 0.797. The summed E-state index contributed by atoms with van der Waals surface area (Å²) in [5.74, 6) is -1.33. The van der Waals surface area contributed by atoms with Crippen molar-refractivity contribution in [2.45, 2.75) is 25.3 Å². The van der Waals surface area contributed by atoms with Crippen molar-refractivity contribution in [3.05, 3.63) is 34.2 Å². The number of aliphatic carboxylic acids is 1. The number of aromatic amines is 1. The van der Waals surface area contributed by atoms with Crippen LogP contribution in [0.5, 0.6) is 0 Å². The van der Waals surface area contributed by atoms with E-state index in [9.17, 15) is 14.4 Å². The van der Waals surface area contributed by atoms with E-state index in [1.165, 1.54) is 23.2 Å². The number of piperidine rings is 1. The Morgan fingerprint density at radius 3 is 2.72 bits per heavy atom. The van der Waals surface area contributed by atoms with Crippen LogP contribution in [0.3, 0.4) is 0 Å². The van der Waals surface area contributed by atoms with E-state index >= 15 is 0 Å². The number of carboxylic acid groups (broad SMARTS) is 1. The van der Waals surface area contributed by atoms with Crippen molar-refractivity contribution >= 4 is 11.9 Å². The Balaban J connectivity index is 2.23. The molecule has 2 heterocycles. The van der Waals surface area contributed by atoms with Crippen molar-refractivity contribution in [2.24, 2.45) is 0 Å². The Bertz CT molecular complexity index is 503. The number of carbonyl (C=O) groups is 2. The van der Waals surface area contributed by atoms with E-state index in [4.69, 9.17) is 5.11 Å². The second-order valence-corrected chi connectivity index (χ2v) is 4.29. The molecule has 18 heavy (non-hydrogen) atoms. The van der Waals surface area contributed by atoms with Crippen LogP contribution < -0.4 is 5.56 Å². The Labute approximate surface area is 103 Å². The lowest BCUT2D eigenvalue weighted by molar-refractivity contribution is -0.143. The molecule has 0 radical (unpaired) electrons. The molecule has 2 N–H and O–H groups in total. The zero-order chi connectivity index (χ0) is 13.1. The van der Waals surface area contributed by atoms with Gasteiger partial charge in [-0.25, -0.2) is 4.79 Å². The van der Waals surface area contributed by atoms with Crippen LogP contribution in [0.25, 0.3) is 0 Å². The van der Waals surface area contributed by atoms with Crippen LogP contribution >= 0.6 is 0 Å². The molecule has 1 aromatic rings. The number of hydrogen-bond donors (Lipinski definition) is 2. The van der Waals surface area contributed by atoms with E-state index in [-0.39, 0.29) is 11.5 Å². The first-order valence-corrected chi connectivity index (χ1v) is 5.82. The average Bonchev–Trinajstić information content (AvgIpc) is 2.39. The van der Waals surface area contributed by atoms with Gasteiger partial charge in [-0.1, -0.05) is 0 Å². The maximum absolute atomic E-state index is 12.2. The summed E-state index contributed by atoms with van der Waals surface area (Å²) in [6.07, 6.45) is 3.41. The van der Waals surface area contributed by atoms with E-state index in [1.54, 1.807) is 0 Å². The van der Waals surface area contributed by atoms with Crippen LogP contribution in [0.15, 0.2) is 23.1 Å². The molecular formula is C12H14N2O4. The van der Waals surface area contributed by atoms with Crippen molar-refractivity contribution in [2.75, 3.05) is 6.54 Å². The third-order valence-electron chi connectivity index (χ3n) is 3.08. The molecule has 1 aromatic heterocycles. The van der Waals surface area contributed by atoms with Gasteiger partial charge in [-0.2, -0.15) is 0 Å². The minimum absolute atomic E-state index is 0.292. The van der Waals surface area contributed by atoms with Gasteiger partial charge in [0.25, 0.3) is 5.91 Å². The number of carbonyl (C=O) groups excluding carboxylic acids is 1. The average molecular weight is 250 g/mol. The summed E-state index contributed by atoms with van der Waals surface area (Å²) in [5, 5.41) is 9.10. The third kappa shape index (κ3) is 2.42. The predicted molar refractivity (Wildman–Crippen MR) is 63.4 cm³/mol. The van der Waals surface area contributed by atoms with Crippen LogP contribution in [-0.4, -0.2) is 39.5 Å². The molecule has 0 aromatic carbocycles. The Kier molecular flexibility index (Phi) is 3.45. The van der Waals surface area contributed by atoms with Crippen LogP contribution in [-0.2, 0) is 4.79 Å². The second kappa shape index (κ2) is 5.03. The van der Waals surface area contributed by atoms with Gasteiger partial charge >= 0.3 is 5.97 Å². The second-order valence-electron chi connectivity index (χ2n) is 4.29. The standard InChI is InChI=1S/C12H14N2O4/c15-10-5-4-8(7-13-10)11(16)14-6-2-1-3-9(14)12(17)18/h4-5,7,9H,1-3,6H2,(H,13,15)(H,17,18)/t9-/m1/s1. The van der Waals surface area contributed by atoms with Crippen molar-refractivity contribution < 1.29 is 14.7 Å². The maximum Gasteiger partial charge on any atom is 0.326 e. The molecule has 0 bridgehead atoms. The van der Waals surface area contributed by atoms with Gasteiger partial charge in [-0.05, 0) is 25.3 Å². The largest absolute Gasteiger partial charge is 0.480 e. The van der Waals surface area contributed by atoms with Crippen molar-refractivity contribution in [1.82, 2.24) is 9.88 Å². The van der Waals surface area contributed by atoms with E-state index in [1.807, 2.05) is 0 Å². The fourth-order valence-electron chi connectivity index (χ4n) is 2.14. The normalized spacial score (nSPS) is 19.6. The highest BCUT2D eigenvalue weighted by molar-refractivity contribution is 5.96. The fourth-order valence-corrected chi connectivity index (χ4v) is 2.14. The maximum atomic E-state index is 12.2. The topological polar surface area (TPSA) is 90.5 Å². The van der Waals surface area contributed by atoms with Crippen LogP contribution in [0.4, 0.5) is 0 Å². The molecule has 6 nitrogen and oxygen atoms in total. The molecule has 1 atom stereocenters. The van der Waals surface area contributed by atoms with Gasteiger partial charge in [0.1, 0.15) is 6.04 Å². The Morgan fingerprint density at radius 1 is 1.33 bits per heavy atom. The number of pyridine rings is 1. The van der Waals surface area contributed by atoms with Gasteiger partial charge in [0, 0.05) is 18.8 Å². The first kappa shape index (κ1) is 12.3. The lowest BCUT2D eigenvalue weighted by atomic mass is 10.0. The van der Waals surface area contributed by atoms with Gasteiger partial charge in [0.15, 0.2) is 0 Å². The summed E-state index contributed by atoms with van der Waals surface area (Å²) in [6, 6.07) is 1.90. The lowest BCUT2D eigenvalue weighted by Crippen LogP contribution is -2.48. The van der Waals surface area contributed by atoms with Crippen LogP contribution in [0, 0.1) is 0 Å². The minimum atomic E-state index is -0.979. The Morgan fingerprint density at radius 2 is 2.11 bits per heavy atom. The molecule has 96 valence electrons. The summed E-state index contributed by atoms with van der Waals surface area (Å²) in [4.78, 5) is 38.0. The zero-order valence-corrected chi connectivity index (χ0v) is 9.76. The van der Waals surface area contributed by atoms with Crippen molar-refractivity contribution in [1.29, 1.82) is 0 Å². The molecule has 0 saturated carbocycles. The van der Waals surface area contributed by atoms with E-state index < -0.39 is 12.0 Å². The monoisotopic (exact) mass is 250 g/mol. The van der Waals surface area contributed by atoms with Crippen molar-refractivity contribution in [3.8, 4) is 0 Å². The highest BCUT2D eigenvalue weighted by atomic mass is 16.4. The van der Waals surface area contributed by atoms with Gasteiger partial charge in [-0.3, -0.25) is 9.59 Å². The first-order chi connectivity index (χ1) is 8.59. The molecule has 1 amide bonds. The minimum Gasteiger partial charge on any atom is -0.480 e. The number of aromatic nitrogens is 1. The van der Waals surface area contributed by atoms with Gasteiger partial charge < -0.3 is 15.0 Å². The molecule has 1 aliphatic heterocycles. The number of amides is 1. The van der Waals surface area contributed by atoms with E-state index in [0.717, 1.165) is 12.8 Å². The van der Waals surface area contributed by atoms with Crippen LogP contribution in [0.2, 0.25) is 0 Å². The summed E-state index contributed by atoms with van der Waals surface area (Å²) < 4.78 is 0. The molecule has 0 spiro atoms.